The van der Waals surface area contributed by atoms with E-state index >= 15 is 0 Å². The Labute approximate surface area is 118 Å². The Bertz CT molecular complexity index is 607. The van der Waals surface area contributed by atoms with Crippen molar-refractivity contribution in [1.29, 1.82) is 0 Å². The third kappa shape index (κ3) is 1.74. The van der Waals surface area contributed by atoms with Crippen LogP contribution >= 0.6 is 0 Å². The van der Waals surface area contributed by atoms with Crippen LogP contribution in [0.15, 0.2) is 18.2 Å². The van der Waals surface area contributed by atoms with Crippen molar-refractivity contribution in [3.8, 4) is 0 Å². The number of benzene rings is 1. The Morgan fingerprint density at radius 1 is 1.25 bits per heavy atom. The van der Waals surface area contributed by atoms with Gasteiger partial charge in [0.1, 0.15) is 0 Å². The minimum atomic E-state index is -0.524. The molecule has 1 N–H and O–H groups in total. The molecule has 0 aliphatic carbocycles. The van der Waals surface area contributed by atoms with Crippen molar-refractivity contribution in [3.63, 3.8) is 0 Å². The van der Waals surface area contributed by atoms with Crippen LogP contribution in [0.4, 0.5) is 5.69 Å². The third-order valence-corrected chi connectivity index (χ3v) is 4.53. The smallest absolute Gasteiger partial charge is 0.231 e. The van der Waals surface area contributed by atoms with Gasteiger partial charge in [-0.1, -0.05) is 18.2 Å². The zero-order chi connectivity index (χ0) is 14.4. The summed E-state index contributed by atoms with van der Waals surface area (Å²) in [7, 11) is 0. The summed E-state index contributed by atoms with van der Waals surface area (Å²) in [6.07, 6.45) is 1.37. The molecule has 3 rings (SSSR count). The highest BCUT2D eigenvalue weighted by atomic mass is 16.5. The number of carbonyl (C=O) groups excluding carboxylic acids is 1. The number of nitrogens with one attached hydrogen (secondary N) is 1. The fourth-order valence-electron chi connectivity index (χ4n) is 3.35. The Hall–Kier alpha value is -1.86. The average Bonchev–Trinajstić information content (AvgIpc) is 2.45. The first-order valence-corrected chi connectivity index (χ1v) is 6.92. The summed E-state index contributed by atoms with van der Waals surface area (Å²) in [6.45, 7) is 12.4. The van der Waals surface area contributed by atoms with Crippen molar-refractivity contribution in [1.82, 2.24) is 5.32 Å². The van der Waals surface area contributed by atoms with Crippen LogP contribution in [0.3, 0.4) is 0 Å². The third-order valence-electron chi connectivity index (χ3n) is 4.53. The Balaban J connectivity index is 2.24. The second-order valence-electron chi connectivity index (χ2n) is 6.12. The van der Waals surface area contributed by atoms with Crippen LogP contribution in [-0.4, -0.2) is 19.1 Å². The highest BCUT2D eigenvalue weighted by Gasteiger charge is 2.49. The normalized spacial score (nSPS) is 22.8. The van der Waals surface area contributed by atoms with Gasteiger partial charge >= 0.3 is 0 Å². The summed E-state index contributed by atoms with van der Waals surface area (Å²) < 4.78 is 5.43. The van der Waals surface area contributed by atoms with Gasteiger partial charge in [0.25, 0.3) is 0 Å². The molecule has 2 heterocycles. The van der Waals surface area contributed by atoms with Gasteiger partial charge in [0, 0.05) is 13.2 Å². The summed E-state index contributed by atoms with van der Waals surface area (Å²) in [5.41, 5.74) is 1.81. The summed E-state index contributed by atoms with van der Waals surface area (Å²) in [5, 5.41) is 3.14. The van der Waals surface area contributed by atoms with Crippen molar-refractivity contribution >= 4 is 11.6 Å². The monoisotopic (exact) mass is 270 g/mol. The minimum absolute atomic E-state index is 0.0698. The first kappa shape index (κ1) is 13.1. The van der Waals surface area contributed by atoms with E-state index in [-0.39, 0.29) is 5.91 Å². The predicted octanol–water partition coefficient (Wildman–Crippen LogP) is 2.65. The highest BCUT2D eigenvalue weighted by Crippen LogP contribution is 2.45. The lowest BCUT2D eigenvalue weighted by atomic mass is 9.66. The van der Waals surface area contributed by atoms with E-state index in [4.69, 9.17) is 11.3 Å². The lowest BCUT2D eigenvalue weighted by Crippen LogP contribution is -2.58. The van der Waals surface area contributed by atoms with Crippen molar-refractivity contribution in [2.45, 2.75) is 37.6 Å². The second-order valence-corrected chi connectivity index (χ2v) is 6.12. The molecule has 2 aliphatic rings. The summed E-state index contributed by atoms with van der Waals surface area (Å²) in [4.78, 5) is 16.2. The minimum Gasteiger partial charge on any atom is -0.381 e. The molecule has 1 fully saturated rings. The van der Waals surface area contributed by atoms with Gasteiger partial charge in [-0.15, -0.1) is 0 Å². The van der Waals surface area contributed by atoms with Crippen molar-refractivity contribution < 1.29 is 9.53 Å². The van der Waals surface area contributed by atoms with E-state index in [0.717, 1.165) is 11.1 Å². The van der Waals surface area contributed by atoms with Crippen LogP contribution in [-0.2, 0) is 20.5 Å². The molecule has 2 aliphatic heterocycles. The highest BCUT2D eigenvalue weighted by molar-refractivity contribution is 5.92. The number of carbonyl (C=O) groups is 1. The van der Waals surface area contributed by atoms with Crippen LogP contribution in [0, 0.1) is 6.57 Å². The molecule has 1 amide bonds. The van der Waals surface area contributed by atoms with Gasteiger partial charge in [0.05, 0.1) is 17.5 Å². The molecule has 0 bridgehead atoms. The molecule has 4 nitrogen and oxygen atoms in total. The van der Waals surface area contributed by atoms with Gasteiger partial charge in [-0.3, -0.25) is 4.79 Å². The zero-order valence-corrected chi connectivity index (χ0v) is 11.8. The summed E-state index contributed by atoms with van der Waals surface area (Å²) in [5.74, 6) is 0.0698. The van der Waals surface area contributed by atoms with Crippen LogP contribution in [0.1, 0.15) is 37.8 Å². The fraction of sp³-hybridized carbons (Fsp3) is 0.500. The molecule has 20 heavy (non-hydrogen) atoms. The second kappa shape index (κ2) is 4.32. The van der Waals surface area contributed by atoms with Gasteiger partial charge in [0.15, 0.2) is 5.69 Å². The number of hydrogen-bond donors (Lipinski definition) is 1. The molecule has 104 valence electrons. The molecule has 4 heteroatoms. The predicted molar refractivity (Wildman–Crippen MR) is 75.6 cm³/mol. The fourth-order valence-corrected chi connectivity index (χ4v) is 3.35. The molecule has 1 spiro atoms. The number of amides is 1. The summed E-state index contributed by atoms with van der Waals surface area (Å²) >= 11 is 0. The summed E-state index contributed by atoms with van der Waals surface area (Å²) in [6, 6.07) is 5.71. The van der Waals surface area contributed by atoms with Gasteiger partial charge in [-0.05, 0) is 37.8 Å². The molecule has 0 radical (unpaired) electrons. The molecule has 0 atom stereocenters. The standard InChI is InChI=1S/C16H18N2O2/c1-15(2)12-5-4-11(17-3)10-13(12)16(14(19)18-15)6-8-20-9-7-16/h4-5,10H,6-9H2,1-2H3,(H,18,19). The maximum atomic E-state index is 12.7. The number of hydrogen-bond acceptors (Lipinski definition) is 2. The van der Waals surface area contributed by atoms with Crippen LogP contribution in [0.5, 0.6) is 0 Å². The lowest BCUT2D eigenvalue weighted by Gasteiger charge is -2.46. The zero-order valence-electron chi connectivity index (χ0n) is 11.8. The molecule has 1 aromatic rings. The maximum absolute atomic E-state index is 12.7. The quantitative estimate of drug-likeness (QED) is 0.736. The van der Waals surface area contributed by atoms with E-state index in [0.29, 0.717) is 31.7 Å². The average molecular weight is 270 g/mol. The van der Waals surface area contributed by atoms with E-state index in [1.165, 1.54) is 0 Å². The molecule has 0 aromatic heterocycles. The topological polar surface area (TPSA) is 42.7 Å². The largest absolute Gasteiger partial charge is 0.381 e. The molecule has 0 unspecified atom stereocenters. The van der Waals surface area contributed by atoms with E-state index < -0.39 is 11.0 Å². The lowest BCUT2D eigenvalue weighted by molar-refractivity contribution is -0.133. The van der Waals surface area contributed by atoms with Crippen molar-refractivity contribution in [3.05, 3.63) is 40.7 Å². The van der Waals surface area contributed by atoms with Gasteiger partial charge in [-0.2, -0.15) is 0 Å². The molecular formula is C16H18N2O2. The molecule has 1 saturated heterocycles. The van der Waals surface area contributed by atoms with E-state index in [9.17, 15) is 4.79 Å². The number of ether oxygens (including phenoxy) is 1. The molecular weight excluding hydrogens is 252 g/mol. The first-order valence-electron chi connectivity index (χ1n) is 6.92. The van der Waals surface area contributed by atoms with E-state index in [1.807, 2.05) is 32.0 Å². The Morgan fingerprint density at radius 2 is 1.95 bits per heavy atom. The van der Waals surface area contributed by atoms with Crippen LogP contribution in [0.25, 0.3) is 4.85 Å². The van der Waals surface area contributed by atoms with Crippen LogP contribution in [0.2, 0.25) is 0 Å². The Kier molecular flexibility index (Phi) is 2.84. The number of rotatable bonds is 0. The number of fused-ring (bicyclic) bond motifs is 2. The SMILES string of the molecule is [C-]#[N+]c1ccc2c(c1)C1(CCOCC1)C(=O)NC2(C)C. The van der Waals surface area contributed by atoms with Gasteiger partial charge in [0.2, 0.25) is 5.91 Å². The van der Waals surface area contributed by atoms with E-state index in [2.05, 4.69) is 10.2 Å². The van der Waals surface area contributed by atoms with Gasteiger partial charge in [-0.25, -0.2) is 4.85 Å². The Morgan fingerprint density at radius 3 is 2.60 bits per heavy atom. The first-order chi connectivity index (χ1) is 9.49. The molecule has 0 saturated carbocycles. The molecule has 1 aromatic carbocycles. The van der Waals surface area contributed by atoms with Crippen molar-refractivity contribution in [2.75, 3.05) is 13.2 Å². The van der Waals surface area contributed by atoms with Gasteiger partial charge < -0.3 is 10.1 Å². The van der Waals surface area contributed by atoms with Crippen LogP contribution < -0.4 is 5.32 Å². The maximum Gasteiger partial charge on any atom is 0.231 e. The van der Waals surface area contributed by atoms with Crippen molar-refractivity contribution in [2.24, 2.45) is 0 Å². The number of nitrogens with zero attached hydrogens (tertiary/aromatic N) is 1. The van der Waals surface area contributed by atoms with E-state index in [1.54, 1.807) is 0 Å².